The van der Waals surface area contributed by atoms with Crippen LogP contribution in [0.3, 0.4) is 0 Å². The molecule has 5 N–H and O–H groups in total. The zero-order chi connectivity index (χ0) is 10.7. The molecule has 0 aromatic heterocycles. The van der Waals surface area contributed by atoms with Gasteiger partial charge in [-0.25, -0.2) is 9.59 Å². The molecule has 7 nitrogen and oxygen atoms in total. The fourth-order valence-corrected chi connectivity index (χ4v) is 0.226. The number of aliphatic carboxylic acids is 2. The van der Waals surface area contributed by atoms with E-state index in [1.165, 1.54) is 0 Å². The number of ether oxygens (including phenoxy) is 1. The fraction of sp³-hybridized carbons (Fsp3) is 0.667. The van der Waals surface area contributed by atoms with E-state index in [1.54, 1.807) is 0 Å². The van der Waals surface area contributed by atoms with Crippen molar-refractivity contribution in [2.75, 3.05) is 26.4 Å². The molecule has 0 bridgehead atoms. The minimum atomic E-state index is -1.17. The van der Waals surface area contributed by atoms with E-state index >= 15 is 0 Å². The molecule has 0 aromatic carbocycles. The van der Waals surface area contributed by atoms with Gasteiger partial charge in [-0.3, -0.25) is 0 Å². The molecule has 0 aromatic rings. The Morgan fingerprint density at radius 1 is 1.15 bits per heavy atom. The molecule has 0 radical (unpaired) electrons. The van der Waals surface area contributed by atoms with Crippen LogP contribution in [0.1, 0.15) is 0 Å². The van der Waals surface area contributed by atoms with Crippen molar-refractivity contribution in [2.24, 2.45) is 5.73 Å². The molecule has 0 saturated heterocycles. The van der Waals surface area contributed by atoms with Crippen molar-refractivity contribution in [2.45, 2.75) is 0 Å². The maximum Gasteiger partial charge on any atom is 0.329 e. The largest absolute Gasteiger partial charge is 0.480 e. The van der Waals surface area contributed by atoms with Crippen LogP contribution in [0.15, 0.2) is 0 Å². The van der Waals surface area contributed by atoms with E-state index in [2.05, 4.69) is 4.74 Å². The number of hydrogen-bond acceptors (Lipinski definition) is 5. The highest BCUT2D eigenvalue weighted by Gasteiger charge is 1.98. The van der Waals surface area contributed by atoms with Crippen LogP contribution in [0.5, 0.6) is 0 Å². The summed E-state index contributed by atoms with van der Waals surface area (Å²) >= 11 is 0. The van der Waals surface area contributed by atoms with E-state index in [0.717, 1.165) is 0 Å². The summed E-state index contributed by atoms with van der Waals surface area (Å²) in [6, 6.07) is 0. The predicted octanol–water partition coefficient (Wildman–Crippen LogP) is -1.89. The van der Waals surface area contributed by atoms with Gasteiger partial charge in [0.25, 0.3) is 0 Å². The maximum absolute atomic E-state index is 9.66. The Morgan fingerprint density at radius 2 is 1.46 bits per heavy atom. The van der Waals surface area contributed by atoms with E-state index in [4.69, 9.17) is 21.1 Å². The Kier molecular flexibility index (Phi) is 11.9. The third kappa shape index (κ3) is 24.8. The number of carboxylic acid groups (broad SMARTS) is 2. The van der Waals surface area contributed by atoms with Gasteiger partial charge in [0, 0.05) is 6.54 Å². The average Bonchev–Trinajstić information content (AvgIpc) is 2.03. The van der Waals surface area contributed by atoms with Gasteiger partial charge in [0.05, 0.1) is 6.61 Å². The van der Waals surface area contributed by atoms with Gasteiger partial charge in [0.1, 0.15) is 13.2 Å². The Bertz CT molecular complexity index is 132. The van der Waals surface area contributed by atoms with Gasteiger partial charge >= 0.3 is 11.9 Å². The minimum Gasteiger partial charge on any atom is -0.480 e. The lowest BCUT2D eigenvalue weighted by molar-refractivity contribution is -0.148. The van der Waals surface area contributed by atoms with Gasteiger partial charge in [-0.1, -0.05) is 0 Å². The van der Waals surface area contributed by atoms with Gasteiger partial charge in [0.15, 0.2) is 0 Å². The molecule has 0 aliphatic heterocycles. The summed E-state index contributed by atoms with van der Waals surface area (Å²) in [7, 11) is 0. The molecule has 0 unspecified atom stereocenters. The SMILES string of the molecule is NCCO.O=C(O)COCC(=O)O. The van der Waals surface area contributed by atoms with Crippen LogP contribution in [0.4, 0.5) is 0 Å². The van der Waals surface area contributed by atoms with Crippen molar-refractivity contribution in [1.29, 1.82) is 0 Å². The first-order chi connectivity index (χ1) is 6.04. The second kappa shape index (κ2) is 10.8. The number of aliphatic hydroxyl groups excluding tert-OH is 1. The lowest BCUT2D eigenvalue weighted by Crippen LogP contribution is -2.13. The summed E-state index contributed by atoms with van der Waals surface area (Å²) in [5.74, 6) is -2.34. The number of hydrogen-bond donors (Lipinski definition) is 4. The van der Waals surface area contributed by atoms with Crippen LogP contribution in [0.2, 0.25) is 0 Å². The fourth-order valence-electron chi connectivity index (χ4n) is 0.226. The van der Waals surface area contributed by atoms with E-state index in [9.17, 15) is 9.59 Å². The summed E-state index contributed by atoms with van der Waals surface area (Å²) in [6.45, 7) is -0.654. The highest BCUT2D eigenvalue weighted by molar-refractivity contribution is 5.70. The standard InChI is InChI=1S/C4H6O5.C2H7NO/c5-3(6)1-9-2-4(7)8;3-1-2-4/h1-2H2,(H,5,6)(H,7,8);4H,1-3H2. The second-order valence-corrected chi connectivity index (χ2v) is 1.79. The second-order valence-electron chi connectivity index (χ2n) is 1.79. The van der Waals surface area contributed by atoms with E-state index in [0.29, 0.717) is 6.54 Å². The Labute approximate surface area is 74.7 Å². The number of rotatable bonds is 5. The van der Waals surface area contributed by atoms with E-state index in [-0.39, 0.29) is 6.61 Å². The third-order valence-electron chi connectivity index (χ3n) is 0.580. The quantitative estimate of drug-likeness (QED) is 0.403. The average molecular weight is 195 g/mol. The van der Waals surface area contributed by atoms with Crippen LogP contribution in [0, 0.1) is 0 Å². The number of carboxylic acids is 2. The molecule has 0 fully saturated rings. The van der Waals surface area contributed by atoms with Crippen molar-refractivity contribution in [3.05, 3.63) is 0 Å². The van der Waals surface area contributed by atoms with Gasteiger partial charge in [-0.2, -0.15) is 0 Å². The van der Waals surface area contributed by atoms with Gasteiger partial charge in [-0.15, -0.1) is 0 Å². The van der Waals surface area contributed by atoms with E-state index in [1.807, 2.05) is 0 Å². The summed E-state index contributed by atoms with van der Waals surface area (Å²) < 4.78 is 4.16. The predicted molar refractivity (Wildman–Crippen MR) is 42.2 cm³/mol. The summed E-state index contributed by atoms with van der Waals surface area (Å²) in [4.78, 5) is 19.3. The van der Waals surface area contributed by atoms with Crippen LogP contribution < -0.4 is 5.73 Å². The minimum absolute atomic E-state index is 0.0972. The molecule has 13 heavy (non-hydrogen) atoms. The first kappa shape index (κ1) is 14.3. The van der Waals surface area contributed by atoms with E-state index < -0.39 is 25.2 Å². The van der Waals surface area contributed by atoms with Crippen molar-refractivity contribution >= 4 is 11.9 Å². The number of carbonyl (C=O) groups is 2. The Hall–Kier alpha value is -1.18. The maximum atomic E-state index is 9.66. The normalized spacial score (nSPS) is 8.46. The highest BCUT2D eigenvalue weighted by atomic mass is 16.5. The molecular weight excluding hydrogens is 182 g/mol. The van der Waals surface area contributed by atoms with Crippen LogP contribution in [-0.2, 0) is 14.3 Å². The van der Waals surface area contributed by atoms with Crippen LogP contribution >= 0.6 is 0 Å². The van der Waals surface area contributed by atoms with Gasteiger partial charge < -0.3 is 25.8 Å². The smallest absolute Gasteiger partial charge is 0.329 e. The first-order valence-corrected chi connectivity index (χ1v) is 3.36. The third-order valence-corrected chi connectivity index (χ3v) is 0.580. The van der Waals surface area contributed by atoms with Crippen LogP contribution in [-0.4, -0.2) is 53.6 Å². The van der Waals surface area contributed by atoms with Crippen molar-refractivity contribution in [3.8, 4) is 0 Å². The molecule has 0 amide bonds. The molecule has 0 rings (SSSR count). The molecule has 0 aliphatic rings. The lowest BCUT2D eigenvalue weighted by Gasteiger charge is -1.92. The first-order valence-electron chi connectivity index (χ1n) is 3.36. The van der Waals surface area contributed by atoms with Crippen molar-refractivity contribution in [1.82, 2.24) is 0 Å². The lowest BCUT2D eigenvalue weighted by atomic mass is 10.7. The van der Waals surface area contributed by atoms with Gasteiger partial charge in [-0.05, 0) is 0 Å². The molecule has 7 heteroatoms. The molecule has 0 heterocycles. The molecular formula is C6H13NO6. The topological polar surface area (TPSA) is 130 Å². The molecule has 78 valence electrons. The number of aliphatic hydroxyl groups is 1. The molecule has 0 spiro atoms. The highest BCUT2D eigenvalue weighted by Crippen LogP contribution is 1.73. The summed E-state index contributed by atoms with van der Waals surface area (Å²) in [5, 5.41) is 23.6. The van der Waals surface area contributed by atoms with Gasteiger partial charge in [0.2, 0.25) is 0 Å². The summed E-state index contributed by atoms with van der Waals surface area (Å²) in [5.41, 5.74) is 4.78. The zero-order valence-corrected chi connectivity index (χ0v) is 6.97. The number of nitrogens with two attached hydrogens (primary N) is 1. The Morgan fingerprint density at radius 3 is 1.62 bits per heavy atom. The zero-order valence-electron chi connectivity index (χ0n) is 6.97. The summed E-state index contributed by atoms with van der Waals surface area (Å²) in [6.07, 6.45) is 0. The molecule has 0 saturated carbocycles. The van der Waals surface area contributed by atoms with Crippen molar-refractivity contribution in [3.63, 3.8) is 0 Å². The molecule has 0 atom stereocenters. The Balaban J connectivity index is 0. The monoisotopic (exact) mass is 195 g/mol. The van der Waals surface area contributed by atoms with Crippen LogP contribution in [0.25, 0.3) is 0 Å². The molecule has 0 aliphatic carbocycles. The van der Waals surface area contributed by atoms with Crippen molar-refractivity contribution < 1.29 is 29.6 Å².